The molecule has 0 aromatic carbocycles. The van der Waals surface area contributed by atoms with E-state index in [0.717, 1.165) is 6.04 Å². The van der Waals surface area contributed by atoms with E-state index in [9.17, 15) is 0 Å². The predicted octanol–water partition coefficient (Wildman–Crippen LogP) is 2.77. The van der Waals surface area contributed by atoms with Gasteiger partial charge in [0.05, 0.1) is 0 Å². The number of hydrogen-bond acceptors (Lipinski definition) is 2. The van der Waals surface area contributed by atoms with E-state index in [0.29, 0.717) is 0 Å². The van der Waals surface area contributed by atoms with Crippen LogP contribution in [0.15, 0.2) is 17.5 Å². The van der Waals surface area contributed by atoms with Crippen LogP contribution in [-0.4, -0.2) is 24.0 Å². The quantitative estimate of drug-likeness (QED) is 0.717. The Morgan fingerprint density at radius 3 is 3.15 bits per heavy atom. The van der Waals surface area contributed by atoms with Crippen molar-refractivity contribution in [3.8, 4) is 0 Å². The van der Waals surface area contributed by atoms with Crippen LogP contribution in [0.25, 0.3) is 0 Å². The molecule has 2 rings (SSSR count). The minimum atomic E-state index is 0.819. The summed E-state index contributed by atoms with van der Waals surface area (Å²) < 4.78 is 0. The van der Waals surface area contributed by atoms with E-state index in [1.807, 2.05) is 11.3 Å². The van der Waals surface area contributed by atoms with Crippen LogP contribution in [0, 0.1) is 0 Å². The molecule has 1 saturated heterocycles. The fourth-order valence-electron chi connectivity index (χ4n) is 2.03. The Labute approximate surface area is 84.4 Å². The molecule has 2 heterocycles. The number of hydrogen-bond donors (Lipinski definition) is 0. The van der Waals surface area contributed by atoms with E-state index in [4.69, 9.17) is 0 Å². The van der Waals surface area contributed by atoms with Crippen molar-refractivity contribution in [1.29, 1.82) is 0 Å². The van der Waals surface area contributed by atoms with Crippen molar-refractivity contribution in [2.75, 3.05) is 13.1 Å². The first-order chi connectivity index (χ1) is 6.36. The first kappa shape index (κ1) is 9.22. The summed E-state index contributed by atoms with van der Waals surface area (Å²) in [6, 6.07) is 5.21. The van der Waals surface area contributed by atoms with Crippen LogP contribution in [0.1, 0.15) is 24.6 Å². The highest BCUT2D eigenvalue weighted by Crippen LogP contribution is 2.17. The Morgan fingerprint density at radius 2 is 2.54 bits per heavy atom. The van der Waals surface area contributed by atoms with Crippen molar-refractivity contribution in [2.45, 2.75) is 32.2 Å². The molecule has 0 aliphatic carbocycles. The highest BCUT2D eigenvalue weighted by molar-refractivity contribution is 7.09. The molecule has 13 heavy (non-hydrogen) atoms. The first-order valence-electron chi connectivity index (χ1n) is 5.12. The minimum absolute atomic E-state index is 0.819. The van der Waals surface area contributed by atoms with Crippen molar-refractivity contribution in [3.63, 3.8) is 0 Å². The number of likely N-dealkylation sites (tertiary alicyclic amines) is 1. The Balaban J connectivity index is 1.79. The molecule has 0 radical (unpaired) electrons. The molecule has 0 bridgehead atoms. The SMILES string of the molecule is CC1CCCN1CCc1cccs1. The summed E-state index contributed by atoms with van der Waals surface area (Å²) in [6.45, 7) is 4.91. The molecule has 1 aromatic heterocycles. The molecule has 1 aliphatic heterocycles. The van der Waals surface area contributed by atoms with Crippen LogP contribution in [0.5, 0.6) is 0 Å². The van der Waals surface area contributed by atoms with Gasteiger partial charge < -0.3 is 4.90 Å². The van der Waals surface area contributed by atoms with Gasteiger partial charge in [-0.25, -0.2) is 0 Å². The molecule has 0 saturated carbocycles. The Morgan fingerprint density at radius 1 is 1.62 bits per heavy atom. The third-order valence-electron chi connectivity index (χ3n) is 2.92. The van der Waals surface area contributed by atoms with E-state index in [1.54, 1.807) is 0 Å². The summed E-state index contributed by atoms with van der Waals surface area (Å²) in [5.74, 6) is 0. The normalized spacial score (nSPS) is 23.9. The van der Waals surface area contributed by atoms with Gasteiger partial charge >= 0.3 is 0 Å². The van der Waals surface area contributed by atoms with Gasteiger partial charge in [-0.1, -0.05) is 6.07 Å². The third-order valence-corrected chi connectivity index (χ3v) is 3.85. The zero-order valence-corrected chi connectivity index (χ0v) is 9.02. The van der Waals surface area contributed by atoms with Crippen LogP contribution in [-0.2, 0) is 6.42 Å². The Hall–Kier alpha value is -0.340. The molecule has 1 aromatic rings. The summed E-state index contributed by atoms with van der Waals surface area (Å²) in [5, 5.41) is 2.17. The lowest BCUT2D eigenvalue weighted by Gasteiger charge is -2.20. The van der Waals surface area contributed by atoms with Crippen LogP contribution in [0.2, 0.25) is 0 Å². The Bertz CT molecular complexity index is 243. The van der Waals surface area contributed by atoms with Gasteiger partial charge in [-0.3, -0.25) is 0 Å². The Kier molecular flexibility index (Phi) is 3.01. The molecule has 2 heteroatoms. The monoisotopic (exact) mass is 195 g/mol. The molecule has 1 atom stereocenters. The highest BCUT2D eigenvalue weighted by atomic mass is 32.1. The van der Waals surface area contributed by atoms with Gasteiger partial charge in [-0.05, 0) is 44.2 Å². The molecular weight excluding hydrogens is 178 g/mol. The van der Waals surface area contributed by atoms with Crippen LogP contribution in [0.3, 0.4) is 0 Å². The van der Waals surface area contributed by atoms with E-state index >= 15 is 0 Å². The van der Waals surface area contributed by atoms with E-state index in [1.165, 1.54) is 37.2 Å². The molecule has 1 unspecified atom stereocenters. The molecule has 0 spiro atoms. The maximum atomic E-state index is 2.61. The molecule has 72 valence electrons. The van der Waals surface area contributed by atoms with Crippen LogP contribution < -0.4 is 0 Å². The average molecular weight is 195 g/mol. The zero-order chi connectivity index (χ0) is 9.10. The zero-order valence-electron chi connectivity index (χ0n) is 8.20. The second-order valence-electron chi connectivity index (χ2n) is 3.86. The van der Waals surface area contributed by atoms with Crippen LogP contribution in [0.4, 0.5) is 0 Å². The standard InChI is InChI=1S/C11H17NS/c1-10-4-2-7-12(10)8-6-11-5-3-9-13-11/h3,5,9-10H,2,4,6-8H2,1H3. The van der Waals surface area contributed by atoms with Gasteiger partial charge in [-0.2, -0.15) is 0 Å². The number of nitrogens with zero attached hydrogens (tertiary/aromatic N) is 1. The summed E-state index contributed by atoms with van der Waals surface area (Å²) >= 11 is 1.88. The minimum Gasteiger partial charge on any atom is -0.300 e. The summed E-state index contributed by atoms with van der Waals surface area (Å²) in [5.41, 5.74) is 0. The van der Waals surface area contributed by atoms with E-state index in [2.05, 4.69) is 29.3 Å². The van der Waals surface area contributed by atoms with Crippen molar-refractivity contribution >= 4 is 11.3 Å². The second kappa shape index (κ2) is 4.25. The second-order valence-corrected chi connectivity index (χ2v) is 4.89. The smallest absolute Gasteiger partial charge is 0.00675 e. The summed E-state index contributed by atoms with van der Waals surface area (Å²) in [6.07, 6.45) is 4.03. The molecule has 1 nitrogen and oxygen atoms in total. The van der Waals surface area contributed by atoms with E-state index in [-0.39, 0.29) is 0 Å². The maximum absolute atomic E-state index is 2.61. The molecule has 1 aliphatic rings. The number of thiophene rings is 1. The van der Waals surface area contributed by atoms with Gasteiger partial charge in [0.25, 0.3) is 0 Å². The van der Waals surface area contributed by atoms with Crippen molar-refractivity contribution in [1.82, 2.24) is 4.90 Å². The number of rotatable bonds is 3. The van der Waals surface area contributed by atoms with Crippen molar-refractivity contribution < 1.29 is 0 Å². The molecule has 0 amide bonds. The average Bonchev–Trinajstić information content (AvgIpc) is 2.72. The van der Waals surface area contributed by atoms with E-state index < -0.39 is 0 Å². The van der Waals surface area contributed by atoms with Crippen molar-refractivity contribution in [3.05, 3.63) is 22.4 Å². The maximum Gasteiger partial charge on any atom is 0.00675 e. The van der Waals surface area contributed by atoms with Crippen molar-refractivity contribution in [2.24, 2.45) is 0 Å². The molecule has 1 fully saturated rings. The lowest BCUT2D eigenvalue weighted by atomic mass is 10.2. The third kappa shape index (κ3) is 2.32. The highest BCUT2D eigenvalue weighted by Gasteiger charge is 2.19. The van der Waals surface area contributed by atoms with Gasteiger partial charge in [0.15, 0.2) is 0 Å². The molecular formula is C11H17NS. The topological polar surface area (TPSA) is 3.24 Å². The summed E-state index contributed by atoms with van der Waals surface area (Å²) in [7, 11) is 0. The van der Waals surface area contributed by atoms with Gasteiger partial charge in [-0.15, -0.1) is 11.3 Å². The van der Waals surface area contributed by atoms with Gasteiger partial charge in [0, 0.05) is 17.5 Å². The fraction of sp³-hybridized carbons (Fsp3) is 0.636. The lowest BCUT2D eigenvalue weighted by Crippen LogP contribution is -2.28. The lowest BCUT2D eigenvalue weighted by molar-refractivity contribution is 0.273. The first-order valence-corrected chi connectivity index (χ1v) is 6.00. The summed E-state index contributed by atoms with van der Waals surface area (Å²) in [4.78, 5) is 4.14. The van der Waals surface area contributed by atoms with Gasteiger partial charge in [0.2, 0.25) is 0 Å². The van der Waals surface area contributed by atoms with Gasteiger partial charge in [0.1, 0.15) is 0 Å². The predicted molar refractivity (Wildman–Crippen MR) is 58.3 cm³/mol. The fourth-order valence-corrected chi connectivity index (χ4v) is 2.73. The largest absolute Gasteiger partial charge is 0.300 e. The molecule has 0 N–H and O–H groups in total. The van der Waals surface area contributed by atoms with Crippen LogP contribution >= 0.6 is 11.3 Å².